The summed E-state index contributed by atoms with van der Waals surface area (Å²) in [5.41, 5.74) is 6.76. The van der Waals surface area contributed by atoms with Gasteiger partial charge >= 0.3 is 0 Å². The fourth-order valence-electron chi connectivity index (χ4n) is 2.36. The first-order valence-electron chi connectivity index (χ1n) is 6.15. The lowest BCUT2D eigenvalue weighted by atomic mass is 10.1. The monoisotopic (exact) mass is 232 g/mol. The van der Waals surface area contributed by atoms with Crippen LogP contribution < -0.4 is 10.6 Å². The average Bonchev–Trinajstić information content (AvgIpc) is 2.67. The molecule has 1 aliphatic rings. The van der Waals surface area contributed by atoms with Crippen molar-refractivity contribution in [2.75, 3.05) is 24.5 Å². The van der Waals surface area contributed by atoms with Crippen LogP contribution >= 0.6 is 0 Å². The van der Waals surface area contributed by atoms with E-state index in [2.05, 4.69) is 28.9 Å². The van der Waals surface area contributed by atoms with Gasteiger partial charge in [0, 0.05) is 18.8 Å². The fourth-order valence-corrected chi connectivity index (χ4v) is 2.36. The van der Waals surface area contributed by atoms with Gasteiger partial charge in [-0.3, -0.25) is 5.41 Å². The van der Waals surface area contributed by atoms with E-state index in [9.17, 15) is 0 Å². The first kappa shape index (κ1) is 11.9. The number of rotatable bonds is 4. The number of nitrogens with two attached hydrogens (primary N) is 1. The van der Waals surface area contributed by atoms with Crippen molar-refractivity contribution in [3.05, 3.63) is 30.3 Å². The first-order chi connectivity index (χ1) is 8.27. The van der Waals surface area contributed by atoms with E-state index in [4.69, 9.17) is 11.1 Å². The zero-order valence-corrected chi connectivity index (χ0v) is 10.3. The van der Waals surface area contributed by atoms with Gasteiger partial charge in [0.2, 0.25) is 0 Å². The summed E-state index contributed by atoms with van der Waals surface area (Å²) in [6.07, 6.45) is 0.924. The van der Waals surface area contributed by atoms with Crippen molar-refractivity contribution >= 4 is 11.6 Å². The van der Waals surface area contributed by atoms with Crippen LogP contribution in [0, 0.1) is 5.41 Å². The van der Waals surface area contributed by atoms with Crippen LogP contribution in [-0.4, -0.2) is 36.5 Å². The number of likely N-dealkylation sites (N-methyl/N-ethyl adjacent to an activating group) is 1. The molecule has 0 aromatic heterocycles. The summed E-state index contributed by atoms with van der Waals surface area (Å²) in [5, 5.41) is 8.22. The highest BCUT2D eigenvalue weighted by Gasteiger charge is 2.33. The minimum absolute atomic E-state index is 0.329. The summed E-state index contributed by atoms with van der Waals surface area (Å²) in [6.45, 7) is 4.53. The molecule has 4 nitrogen and oxygen atoms in total. The van der Waals surface area contributed by atoms with E-state index >= 15 is 0 Å². The van der Waals surface area contributed by atoms with Crippen LogP contribution in [0.15, 0.2) is 30.3 Å². The van der Waals surface area contributed by atoms with Gasteiger partial charge in [-0.2, -0.15) is 0 Å². The van der Waals surface area contributed by atoms with Gasteiger partial charge in [0.25, 0.3) is 0 Å². The molecule has 1 aliphatic heterocycles. The lowest BCUT2D eigenvalue weighted by molar-refractivity contribution is 0.445. The molecule has 0 bridgehead atoms. The summed E-state index contributed by atoms with van der Waals surface area (Å²) in [5.74, 6) is 0.595. The number of nitrogens with zero attached hydrogens (tertiary/aromatic N) is 2. The molecule has 0 aliphatic carbocycles. The second kappa shape index (κ2) is 5.19. The van der Waals surface area contributed by atoms with Gasteiger partial charge in [-0.1, -0.05) is 18.2 Å². The molecule has 1 saturated heterocycles. The molecule has 3 N–H and O–H groups in total. The Morgan fingerprint density at radius 2 is 2.06 bits per heavy atom. The number of hydrogen-bond donors (Lipinski definition) is 2. The third-order valence-corrected chi connectivity index (χ3v) is 3.24. The third-order valence-electron chi connectivity index (χ3n) is 3.24. The van der Waals surface area contributed by atoms with Crippen LogP contribution in [0.3, 0.4) is 0 Å². The maximum absolute atomic E-state index is 8.22. The SMILES string of the molecule is CCN1CC(CCN)N(c2ccccc2)C1=N. The van der Waals surface area contributed by atoms with Crippen molar-refractivity contribution < 1.29 is 0 Å². The lowest BCUT2D eigenvalue weighted by Gasteiger charge is -2.24. The van der Waals surface area contributed by atoms with Gasteiger partial charge in [-0.05, 0) is 32.0 Å². The number of anilines is 1. The second-order valence-electron chi connectivity index (χ2n) is 4.30. The van der Waals surface area contributed by atoms with E-state index in [1.165, 1.54) is 0 Å². The van der Waals surface area contributed by atoms with E-state index in [-0.39, 0.29) is 0 Å². The van der Waals surface area contributed by atoms with Gasteiger partial charge < -0.3 is 15.5 Å². The Hall–Kier alpha value is -1.55. The van der Waals surface area contributed by atoms with E-state index in [0.717, 1.165) is 25.2 Å². The maximum atomic E-state index is 8.22. The van der Waals surface area contributed by atoms with Crippen LogP contribution in [0.4, 0.5) is 5.69 Å². The lowest BCUT2D eigenvalue weighted by Crippen LogP contribution is -2.36. The van der Waals surface area contributed by atoms with Crippen molar-refractivity contribution in [2.24, 2.45) is 5.73 Å². The summed E-state index contributed by atoms with van der Waals surface area (Å²) in [4.78, 5) is 4.18. The average molecular weight is 232 g/mol. The molecule has 1 heterocycles. The molecule has 1 unspecified atom stereocenters. The Morgan fingerprint density at radius 1 is 1.35 bits per heavy atom. The minimum atomic E-state index is 0.329. The van der Waals surface area contributed by atoms with Crippen molar-refractivity contribution in [1.82, 2.24) is 4.90 Å². The second-order valence-corrected chi connectivity index (χ2v) is 4.30. The molecule has 4 heteroatoms. The quantitative estimate of drug-likeness (QED) is 0.826. The van der Waals surface area contributed by atoms with Gasteiger partial charge in [0.1, 0.15) is 0 Å². The van der Waals surface area contributed by atoms with Crippen LogP contribution in [0.2, 0.25) is 0 Å². The molecule has 0 radical (unpaired) electrons. The van der Waals surface area contributed by atoms with Crippen LogP contribution in [-0.2, 0) is 0 Å². The summed E-state index contributed by atoms with van der Waals surface area (Å²) in [7, 11) is 0. The smallest absolute Gasteiger partial charge is 0.198 e. The summed E-state index contributed by atoms with van der Waals surface area (Å²) in [6, 6.07) is 10.5. The van der Waals surface area contributed by atoms with Crippen molar-refractivity contribution in [3.63, 3.8) is 0 Å². The highest BCUT2D eigenvalue weighted by atomic mass is 15.4. The van der Waals surface area contributed by atoms with E-state index in [1.54, 1.807) is 0 Å². The highest BCUT2D eigenvalue weighted by Crippen LogP contribution is 2.25. The molecule has 92 valence electrons. The van der Waals surface area contributed by atoms with Gasteiger partial charge in [-0.15, -0.1) is 0 Å². The molecule has 0 spiro atoms. The van der Waals surface area contributed by atoms with Gasteiger partial charge in [0.15, 0.2) is 5.96 Å². The van der Waals surface area contributed by atoms with E-state index in [0.29, 0.717) is 18.5 Å². The summed E-state index contributed by atoms with van der Waals surface area (Å²) >= 11 is 0. The third kappa shape index (κ3) is 2.26. The normalized spacial score (nSPS) is 20.1. The molecule has 0 amide bonds. The minimum Gasteiger partial charge on any atom is -0.341 e. The highest BCUT2D eigenvalue weighted by molar-refractivity contribution is 5.96. The number of nitrogens with one attached hydrogen (secondary N) is 1. The Morgan fingerprint density at radius 3 is 2.65 bits per heavy atom. The van der Waals surface area contributed by atoms with Crippen molar-refractivity contribution in [2.45, 2.75) is 19.4 Å². The molecule has 2 rings (SSSR count). The Balaban J connectivity index is 2.25. The molecule has 17 heavy (non-hydrogen) atoms. The Kier molecular flexibility index (Phi) is 3.64. The fraction of sp³-hybridized carbons (Fsp3) is 0.462. The number of hydrogen-bond acceptors (Lipinski definition) is 2. The number of benzene rings is 1. The molecular weight excluding hydrogens is 212 g/mol. The molecule has 1 fully saturated rings. The zero-order valence-electron chi connectivity index (χ0n) is 10.3. The molecule has 1 atom stereocenters. The zero-order chi connectivity index (χ0) is 12.3. The van der Waals surface area contributed by atoms with E-state index in [1.807, 2.05) is 18.2 Å². The standard InChI is InChI=1S/C13H20N4/c1-2-16-10-12(8-9-14)17(13(16)15)11-6-4-3-5-7-11/h3-7,12,15H,2,8-10,14H2,1H3. The van der Waals surface area contributed by atoms with Gasteiger partial charge in [0.05, 0.1) is 6.04 Å². The van der Waals surface area contributed by atoms with Crippen LogP contribution in [0.25, 0.3) is 0 Å². The predicted octanol–water partition coefficient (Wildman–Crippen LogP) is 1.48. The predicted molar refractivity (Wildman–Crippen MR) is 71.4 cm³/mol. The largest absolute Gasteiger partial charge is 0.341 e. The molecule has 0 saturated carbocycles. The van der Waals surface area contributed by atoms with E-state index < -0.39 is 0 Å². The Labute approximate surface area is 103 Å². The Bertz CT molecular complexity index is 376. The van der Waals surface area contributed by atoms with Crippen molar-refractivity contribution in [1.29, 1.82) is 5.41 Å². The molecule has 1 aromatic rings. The van der Waals surface area contributed by atoms with Crippen LogP contribution in [0.5, 0.6) is 0 Å². The topological polar surface area (TPSA) is 56.4 Å². The number of guanidine groups is 1. The van der Waals surface area contributed by atoms with Crippen LogP contribution in [0.1, 0.15) is 13.3 Å². The summed E-state index contributed by atoms with van der Waals surface area (Å²) < 4.78 is 0. The maximum Gasteiger partial charge on any atom is 0.198 e. The molecular formula is C13H20N4. The van der Waals surface area contributed by atoms with Gasteiger partial charge in [-0.25, -0.2) is 0 Å². The first-order valence-corrected chi connectivity index (χ1v) is 6.15. The number of para-hydroxylation sites is 1. The molecule has 1 aromatic carbocycles. The van der Waals surface area contributed by atoms with Crippen molar-refractivity contribution in [3.8, 4) is 0 Å².